The highest BCUT2D eigenvalue weighted by atomic mass is 79.9. The van der Waals surface area contributed by atoms with Crippen LogP contribution in [0.5, 0.6) is 11.5 Å². The van der Waals surface area contributed by atoms with Crippen LogP contribution in [0.4, 0.5) is 0 Å². The summed E-state index contributed by atoms with van der Waals surface area (Å²) in [7, 11) is 0. The molecule has 7 rings (SSSR count). The lowest BCUT2D eigenvalue weighted by molar-refractivity contribution is 0.0624. The van der Waals surface area contributed by atoms with Gasteiger partial charge in [-0.3, -0.25) is 14.5 Å². The van der Waals surface area contributed by atoms with E-state index in [-0.39, 0.29) is 17.7 Å². The van der Waals surface area contributed by atoms with E-state index in [1.54, 1.807) is 0 Å². The van der Waals surface area contributed by atoms with Gasteiger partial charge in [-0.2, -0.15) is 0 Å². The zero-order valence-electron chi connectivity index (χ0n) is 38.5. The maximum absolute atomic E-state index is 15.1. The van der Waals surface area contributed by atoms with Gasteiger partial charge in [0, 0.05) is 38.6 Å². The summed E-state index contributed by atoms with van der Waals surface area (Å²) in [5.74, 6) is 1.19. The summed E-state index contributed by atoms with van der Waals surface area (Å²) in [6.07, 6.45) is 18.2. The number of rotatable bonds is 26. The van der Waals surface area contributed by atoms with Gasteiger partial charge in [0.05, 0.1) is 54.3 Å². The van der Waals surface area contributed by atoms with Gasteiger partial charge in [-0.1, -0.05) is 135 Å². The van der Waals surface area contributed by atoms with E-state index in [1.165, 1.54) is 78.9 Å². The number of fused-ring (bicyclic) bond motifs is 2. The largest absolute Gasteiger partial charge is 0.494 e. The van der Waals surface area contributed by atoms with Crippen molar-refractivity contribution in [3.05, 3.63) is 91.5 Å². The Labute approximate surface area is 411 Å². The van der Waals surface area contributed by atoms with Crippen LogP contribution in [0.3, 0.4) is 0 Å². The molecule has 2 amide bonds. The highest BCUT2D eigenvalue weighted by Crippen LogP contribution is 2.50. The first-order valence-electron chi connectivity index (χ1n) is 24.0. The summed E-state index contributed by atoms with van der Waals surface area (Å²) in [5, 5.41) is 0. The van der Waals surface area contributed by atoms with Crippen LogP contribution >= 0.6 is 54.5 Å². The third-order valence-electron chi connectivity index (χ3n) is 12.4. The van der Waals surface area contributed by atoms with Crippen molar-refractivity contribution in [1.29, 1.82) is 0 Å². The van der Waals surface area contributed by atoms with E-state index in [1.807, 2.05) is 48.5 Å². The molecule has 0 fully saturated rings. The number of amides is 2. The van der Waals surface area contributed by atoms with Crippen molar-refractivity contribution in [2.45, 2.75) is 130 Å². The van der Waals surface area contributed by atoms with Gasteiger partial charge in [-0.25, -0.2) is 9.97 Å². The van der Waals surface area contributed by atoms with Gasteiger partial charge in [0.25, 0.3) is 11.8 Å². The molecule has 0 radical (unpaired) electrons. The molecule has 11 heteroatoms. The second-order valence-corrected chi connectivity index (χ2v) is 22.2. The van der Waals surface area contributed by atoms with E-state index in [0.29, 0.717) is 64.4 Å². The van der Waals surface area contributed by atoms with E-state index in [4.69, 9.17) is 19.4 Å². The number of imide groups is 1. The average Bonchev–Trinajstić information content (AvgIpc) is 4.02. The number of carbonyl (C=O) groups excluding carboxylic acids is 2. The van der Waals surface area contributed by atoms with Crippen LogP contribution in [0.15, 0.2) is 80.4 Å². The van der Waals surface area contributed by atoms with Gasteiger partial charge in [0.15, 0.2) is 0 Å². The fourth-order valence-electron chi connectivity index (χ4n) is 8.79. The minimum Gasteiger partial charge on any atom is -0.494 e. The molecule has 0 saturated carbocycles. The third-order valence-corrected chi connectivity index (χ3v) is 15.7. The van der Waals surface area contributed by atoms with Crippen LogP contribution in [0.1, 0.15) is 151 Å². The highest BCUT2D eigenvalue weighted by molar-refractivity contribution is 9.11. The molecule has 1 unspecified atom stereocenters. The standard InChI is InChI=1S/C54H63Br2N3O4S2/c1-5-9-12-14-16-18-31-62-39-25-20-23-37(33-39)49-50(38-24-21-26-40(34-38)63-32-19-17-15-13-10-6-2)58-52-46(42-28-30-44(56)65-42)48-47(45(51(52)57-49)41-27-29-43(55)64-41)53(60)59(54(48)61)35-36(8-4)22-11-7-3/h20-21,23-30,33-34,36H,5-19,22,31-32,35H2,1-4H3. The molecule has 1 aliphatic heterocycles. The second kappa shape index (κ2) is 24.2. The number of aromatic nitrogens is 2. The summed E-state index contributed by atoms with van der Waals surface area (Å²) >= 11 is 10.5. The van der Waals surface area contributed by atoms with E-state index in [2.05, 4.69) is 83.8 Å². The number of benzene rings is 3. The molecule has 0 bridgehead atoms. The Kier molecular flexibility index (Phi) is 18.3. The predicted molar refractivity (Wildman–Crippen MR) is 279 cm³/mol. The van der Waals surface area contributed by atoms with Crippen LogP contribution in [0.25, 0.3) is 54.4 Å². The predicted octanol–water partition coefficient (Wildman–Crippen LogP) is 17.2. The molecule has 0 N–H and O–H groups in total. The molecule has 3 aromatic heterocycles. The second-order valence-electron chi connectivity index (χ2n) is 17.3. The number of carbonyl (C=O) groups is 2. The fourth-order valence-corrected chi connectivity index (χ4v) is 11.7. The van der Waals surface area contributed by atoms with Crippen molar-refractivity contribution < 1.29 is 19.1 Å². The molecule has 1 aliphatic rings. The third kappa shape index (κ3) is 12.0. The lowest BCUT2D eigenvalue weighted by Crippen LogP contribution is -2.34. The van der Waals surface area contributed by atoms with Crippen molar-refractivity contribution in [2.24, 2.45) is 5.92 Å². The number of hydrogen-bond donors (Lipinski definition) is 0. The Morgan fingerprint density at radius 1 is 0.554 bits per heavy atom. The number of ether oxygens (including phenoxy) is 2. The summed E-state index contributed by atoms with van der Waals surface area (Å²) in [4.78, 5) is 44.6. The van der Waals surface area contributed by atoms with Gasteiger partial charge in [0.2, 0.25) is 0 Å². The Morgan fingerprint density at radius 3 is 1.42 bits per heavy atom. The highest BCUT2D eigenvalue weighted by Gasteiger charge is 2.43. The van der Waals surface area contributed by atoms with Gasteiger partial charge >= 0.3 is 0 Å². The number of thiophene rings is 2. The molecule has 4 heterocycles. The van der Waals surface area contributed by atoms with E-state index >= 15 is 9.59 Å². The van der Waals surface area contributed by atoms with Crippen molar-refractivity contribution in [3.63, 3.8) is 0 Å². The fraction of sp³-hybridized carbons (Fsp3) is 0.444. The number of hydrogen-bond acceptors (Lipinski definition) is 8. The smallest absolute Gasteiger partial charge is 0.262 e. The Morgan fingerprint density at radius 2 is 1.00 bits per heavy atom. The van der Waals surface area contributed by atoms with Crippen LogP contribution in [0, 0.1) is 5.92 Å². The monoisotopic (exact) mass is 1040 g/mol. The normalized spacial score (nSPS) is 13.0. The molecule has 344 valence electrons. The van der Waals surface area contributed by atoms with Gasteiger partial charge in [-0.15, -0.1) is 22.7 Å². The zero-order valence-corrected chi connectivity index (χ0v) is 43.3. The Bertz CT molecular complexity index is 2390. The Balaban J connectivity index is 1.42. The van der Waals surface area contributed by atoms with Crippen molar-refractivity contribution >= 4 is 77.4 Å². The molecular weight excluding hydrogens is 979 g/mol. The van der Waals surface area contributed by atoms with Gasteiger partial charge < -0.3 is 9.47 Å². The van der Waals surface area contributed by atoms with E-state index in [0.717, 1.165) is 91.3 Å². The molecule has 3 aromatic carbocycles. The molecule has 1 atom stereocenters. The maximum atomic E-state index is 15.1. The summed E-state index contributed by atoms with van der Waals surface area (Å²) in [6, 6.07) is 24.3. The van der Waals surface area contributed by atoms with Crippen LogP contribution in [-0.4, -0.2) is 46.4 Å². The first-order chi connectivity index (χ1) is 31.8. The molecule has 0 saturated heterocycles. The lowest BCUT2D eigenvalue weighted by atomic mass is 9.92. The van der Waals surface area contributed by atoms with E-state index in [9.17, 15) is 0 Å². The summed E-state index contributed by atoms with van der Waals surface area (Å²) in [5.41, 5.74) is 6.23. The molecule has 6 aromatic rings. The Hall–Kier alpha value is -3.90. The topological polar surface area (TPSA) is 81.6 Å². The zero-order chi connectivity index (χ0) is 45.7. The number of halogens is 2. The average molecular weight is 1040 g/mol. The molecule has 65 heavy (non-hydrogen) atoms. The number of unbranched alkanes of at least 4 members (excludes halogenated alkanes) is 11. The van der Waals surface area contributed by atoms with Crippen molar-refractivity contribution in [3.8, 4) is 54.9 Å². The summed E-state index contributed by atoms with van der Waals surface area (Å²) in [6.45, 7) is 10.5. The first-order valence-corrected chi connectivity index (χ1v) is 27.2. The van der Waals surface area contributed by atoms with Crippen LogP contribution < -0.4 is 9.47 Å². The lowest BCUT2D eigenvalue weighted by Gasteiger charge is -2.21. The minimum absolute atomic E-state index is 0.200. The number of nitrogens with zero attached hydrogens (tertiary/aromatic N) is 3. The van der Waals surface area contributed by atoms with Crippen LogP contribution in [-0.2, 0) is 0 Å². The molecule has 0 spiro atoms. The maximum Gasteiger partial charge on any atom is 0.262 e. The van der Waals surface area contributed by atoms with Crippen molar-refractivity contribution in [2.75, 3.05) is 19.8 Å². The van der Waals surface area contributed by atoms with E-state index < -0.39 is 0 Å². The SMILES string of the molecule is CCCCCCCCOc1cccc(-c2nc3c(-c4ccc(Br)s4)c4c(c(-c5ccc(Br)s5)c3nc2-c2cccc(OCCCCCCCC)c2)C(=O)N(CC(CC)CCCC)C4=O)c1. The molecule has 0 aliphatic carbocycles. The van der Waals surface area contributed by atoms with Gasteiger partial charge in [0.1, 0.15) is 11.5 Å². The van der Waals surface area contributed by atoms with Gasteiger partial charge in [-0.05, 0) is 106 Å². The summed E-state index contributed by atoms with van der Waals surface area (Å²) < 4.78 is 14.6. The quantitative estimate of drug-likeness (QED) is 0.0398. The van der Waals surface area contributed by atoms with Crippen molar-refractivity contribution in [1.82, 2.24) is 14.9 Å². The molecule has 7 nitrogen and oxygen atoms in total. The van der Waals surface area contributed by atoms with Crippen LogP contribution in [0.2, 0.25) is 0 Å². The molecular formula is C54H63Br2N3O4S2. The first kappa shape index (κ1) is 49.0. The minimum atomic E-state index is -0.272.